The Kier molecular flexibility index (Phi) is 6.05. The number of ether oxygens (including phenoxy) is 2. The largest absolute Gasteiger partial charge is 0.486 e. The van der Waals surface area contributed by atoms with Crippen molar-refractivity contribution in [1.82, 2.24) is 4.90 Å². The normalized spacial score (nSPS) is 14.9. The summed E-state index contributed by atoms with van der Waals surface area (Å²) in [5, 5.41) is 0. The first-order valence-corrected chi connectivity index (χ1v) is 7.69. The number of carbonyl (C=O) groups is 1. The van der Waals surface area contributed by atoms with Crippen LogP contribution in [0, 0.1) is 6.92 Å². The van der Waals surface area contributed by atoms with Gasteiger partial charge in [0.15, 0.2) is 0 Å². The number of methoxy groups -OCH3 is 1. The molecule has 0 spiro atoms. The third-order valence-corrected chi connectivity index (χ3v) is 3.83. The van der Waals surface area contributed by atoms with E-state index in [4.69, 9.17) is 9.47 Å². The lowest BCUT2D eigenvalue weighted by Gasteiger charge is -2.39. The van der Waals surface area contributed by atoms with Gasteiger partial charge in [-0.05, 0) is 31.4 Å². The maximum absolute atomic E-state index is 12.0. The minimum Gasteiger partial charge on any atom is -0.486 e. The maximum Gasteiger partial charge on any atom is 0.222 e. The van der Waals surface area contributed by atoms with Gasteiger partial charge in [-0.1, -0.05) is 24.6 Å². The van der Waals surface area contributed by atoms with Crippen molar-refractivity contribution in [3.8, 4) is 5.75 Å². The highest BCUT2D eigenvalue weighted by Crippen LogP contribution is 2.22. The van der Waals surface area contributed by atoms with Gasteiger partial charge in [0.25, 0.3) is 0 Å². The molecule has 1 aliphatic rings. The lowest BCUT2D eigenvalue weighted by Crippen LogP contribution is -2.56. The monoisotopic (exact) mass is 291 g/mol. The second-order valence-electron chi connectivity index (χ2n) is 5.61. The van der Waals surface area contributed by atoms with E-state index in [9.17, 15) is 4.79 Å². The van der Waals surface area contributed by atoms with Crippen molar-refractivity contribution in [2.24, 2.45) is 0 Å². The summed E-state index contributed by atoms with van der Waals surface area (Å²) >= 11 is 0. The zero-order valence-electron chi connectivity index (χ0n) is 13.0. The fourth-order valence-electron chi connectivity index (χ4n) is 2.44. The number of hydrogen-bond acceptors (Lipinski definition) is 3. The molecule has 1 saturated heterocycles. The van der Waals surface area contributed by atoms with Gasteiger partial charge < -0.3 is 14.4 Å². The van der Waals surface area contributed by atoms with Crippen LogP contribution in [0.3, 0.4) is 0 Å². The van der Waals surface area contributed by atoms with Crippen molar-refractivity contribution in [1.29, 1.82) is 0 Å². The minimum atomic E-state index is 0.142. The number of hydrogen-bond donors (Lipinski definition) is 0. The molecule has 2 rings (SSSR count). The van der Waals surface area contributed by atoms with Crippen LogP contribution in [-0.2, 0) is 9.53 Å². The zero-order chi connectivity index (χ0) is 15.1. The van der Waals surface area contributed by atoms with Gasteiger partial charge >= 0.3 is 0 Å². The average Bonchev–Trinajstić information content (AvgIpc) is 2.43. The van der Waals surface area contributed by atoms with Crippen LogP contribution in [0.1, 0.15) is 31.2 Å². The Morgan fingerprint density at radius 1 is 1.24 bits per heavy atom. The number of benzene rings is 1. The average molecular weight is 291 g/mol. The molecule has 1 aliphatic heterocycles. The Balaban J connectivity index is 1.62. The molecule has 0 radical (unpaired) electrons. The summed E-state index contributed by atoms with van der Waals surface area (Å²) < 4.78 is 10.9. The highest BCUT2D eigenvalue weighted by Gasteiger charge is 2.31. The molecule has 0 saturated carbocycles. The zero-order valence-corrected chi connectivity index (χ0v) is 13.0. The highest BCUT2D eigenvalue weighted by atomic mass is 16.5. The van der Waals surface area contributed by atoms with Gasteiger partial charge in [0, 0.05) is 20.1 Å². The molecule has 0 aliphatic carbocycles. The summed E-state index contributed by atoms with van der Waals surface area (Å²) in [5.74, 6) is 1.17. The highest BCUT2D eigenvalue weighted by molar-refractivity contribution is 5.77. The Hall–Kier alpha value is -1.55. The van der Waals surface area contributed by atoms with Gasteiger partial charge in [-0.3, -0.25) is 4.79 Å². The Morgan fingerprint density at radius 2 is 2.00 bits per heavy atom. The summed E-state index contributed by atoms with van der Waals surface area (Å²) in [6.45, 7) is 4.25. The smallest absolute Gasteiger partial charge is 0.222 e. The molecule has 0 aromatic heterocycles. The molecule has 4 heteroatoms. The van der Waals surface area contributed by atoms with E-state index in [1.54, 1.807) is 7.11 Å². The number of unbranched alkanes of at least 4 members (excludes halogenated alkanes) is 2. The van der Waals surface area contributed by atoms with Crippen LogP contribution >= 0.6 is 0 Å². The number of para-hydroxylation sites is 1. The van der Waals surface area contributed by atoms with E-state index in [0.29, 0.717) is 19.5 Å². The van der Waals surface area contributed by atoms with Gasteiger partial charge in [0.05, 0.1) is 13.1 Å². The second kappa shape index (κ2) is 8.03. The number of nitrogens with zero attached hydrogens (tertiary/aromatic N) is 1. The summed E-state index contributed by atoms with van der Waals surface area (Å²) in [7, 11) is 1.71. The van der Waals surface area contributed by atoms with Crippen LogP contribution in [0.5, 0.6) is 5.75 Å². The number of amides is 1. The summed E-state index contributed by atoms with van der Waals surface area (Å²) in [6, 6.07) is 8.00. The lowest BCUT2D eigenvalue weighted by atomic mass is 10.1. The van der Waals surface area contributed by atoms with Crippen LogP contribution in [0.4, 0.5) is 0 Å². The number of aryl methyl sites for hydroxylation is 1. The van der Waals surface area contributed by atoms with Crippen LogP contribution in [0.15, 0.2) is 24.3 Å². The van der Waals surface area contributed by atoms with E-state index < -0.39 is 0 Å². The molecular formula is C17H25NO3. The van der Waals surface area contributed by atoms with E-state index in [1.807, 2.05) is 36.1 Å². The van der Waals surface area contributed by atoms with E-state index in [-0.39, 0.29) is 12.0 Å². The molecule has 0 N–H and O–H groups in total. The van der Waals surface area contributed by atoms with Crippen molar-refractivity contribution in [3.63, 3.8) is 0 Å². The fourth-order valence-corrected chi connectivity index (χ4v) is 2.44. The van der Waals surface area contributed by atoms with Crippen LogP contribution in [0.2, 0.25) is 0 Å². The molecule has 1 heterocycles. The predicted molar refractivity (Wildman–Crippen MR) is 82.5 cm³/mol. The molecular weight excluding hydrogens is 266 g/mol. The van der Waals surface area contributed by atoms with E-state index in [1.165, 1.54) is 0 Å². The molecule has 1 fully saturated rings. The minimum absolute atomic E-state index is 0.142. The van der Waals surface area contributed by atoms with Crippen molar-refractivity contribution in [2.75, 3.05) is 26.8 Å². The third-order valence-electron chi connectivity index (χ3n) is 3.83. The van der Waals surface area contributed by atoms with Crippen molar-refractivity contribution in [2.45, 2.75) is 38.7 Å². The molecule has 0 bridgehead atoms. The Labute approximate surface area is 127 Å². The Bertz CT molecular complexity index is 455. The van der Waals surface area contributed by atoms with Crippen LogP contribution < -0.4 is 4.74 Å². The molecule has 1 aromatic rings. The van der Waals surface area contributed by atoms with E-state index in [0.717, 1.165) is 37.2 Å². The molecule has 0 atom stereocenters. The second-order valence-corrected chi connectivity index (χ2v) is 5.61. The number of rotatable bonds is 8. The van der Waals surface area contributed by atoms with Gasteiger partial charge in [0.1, 0.15) is 11.9 Å². The fraction of sp³-hybridized carbons (Fsp3) is 0.588. The van der Waals surface area contributed by atoms with Crippen LogP contribution in [0.25, 0.3) is 0 Å². The lowest BCUT2D eigenvalue weighted by molar-refractivity contribution is -0.140. The summed E-state index contributed by atoms with van der Waals surface area (Å²) in [4.78, 5) is 13.9. The van der Waals surface area contributed by atoms with E-state index in [2.05, 4.69) is 0 Å². The van der Waals surface area contributed by atoms with E-state index >= 15 is 0 Å². The number of likely N-dealkylation sites (tertiary alicyclic amines) is 1. The molecule has 1 amide bonds. The summed E-state index contributed by atoms with van der Waals surface area (Å²) in [5.41, 5.74) is 1.14. The first-order valence-electron chi connectivity index (χ1n) is 7.69. The van der Waals surface area contributed by atoms with Gasteiger partial charge in [-0.25, -0.2) is 0 Å². The van der Waals surface area contributed by atoms with Crippen molar-refractivity contribution >= 4 is 5.91 Å². The third kappa shape index (κ3) is 4.74. The first-order chi connectivity index (χ1) is 10.2. The standard InChI is InChI=1S/C17H25NO3/c1-14-8-5-6-9-16(14)21-15-12-18(13-15)17(19)10-4-3-7-11-20-2/h5-6,8-9,15H,3-4,7,10-13H2,1-2H3. The van der Waals surface area contributed by atoms with Crippen molar-refractivity contribution < 1.29 is 14.3 Å². The van der Waals surface area contributed by atoms with Gasteiger partial charge in [0.2, 0.25) is 5.91 Å². The molecule has 4 nitrogen and oxygen atoms in total. The van der Waals surface area contributed by atoms with Gasteiger partial charge in [-0.15, -0.1) is 0 Å². The topological polar surface area (TPSA) is 38.8 Å². The molecule has 0 unspecified atom stereocenters. The number of carbonyl (C=O) groups excluding carboxylic acids is 1. The summed E-state index contributed by atoms with van der Waals surface area (Å²) in [6.07, 6.45) is 3.81. The molecule has 1 aromatic carbocycles. The van der Waals surface area contributed by atoms with Gasteiger partial charge in [-0.2, -0.15) is 0 Å². The first kappa shape index (κ1) is 15.8. The van der Waals surface area contributed by atoms with Crippen molar-refractivity contribution in [3.05, 3.63) is 29.8 Å². The predicted octanol–water partition coefficient (Wildman–Crippen LogP) is 2.79. The quantitative estimate of drug-likeness (QED) is 0.691. The Morgan fingerprint density at radius 3 is 2.71 bits per heavy atom. The molecule has 21 heavy (non-hydrogen) atoms. The molecule has 116 valence electrons. The maximum atomic E-state index is 12.0. The van der Waals surface area contributed by atoms with Crippen LogP contribution in [-0.4, -0.2) is 43.7 Å². The SMILES string of the molecule is COCCCCCC(=O)N1CC(Oc2ccccc2C)C1.